The van der Waals surface area contributed by atoms with E-state index in [9.17, 15) is 4.79 Å². The fourth-order valence-corrected chi connectivity index (χ4v) is 3.40. The van der Waals surface area contributed by atoms with Gasteiger partial charge in [0, 0.05) is 30.1 Å². The van der Waals surface area contributed by atoms with Gasteiger partial charge in [-0.3, -0.25) is 14.5 Å². The van der Waals surface area contributed by atoms with Crippen LogP contribution >= 0.6 is 0 Å². The SMILES string of the molecule is CCN(CC)CCCNC(=O)Cn1ncc(-c2ccccc2)c1-c1cccnc1. The monoisotopic (exact) mass is 391 g/mol. The third-order valence-corrected chi connectivity index (χ3v) is 5.02. The predicted molar refractivity (Wildman–Crippen MR) is 116 cm³/mol. The van der Waals surface area contributed by atoms with Crippen LogP contribution in [0.25, 0.3) is 22.4 Å². The third-order valence-electron chi connectivity index (χ3n) is 5.02. The lowest BCUT2D eigenvalue weighted by Crippen LogP contribution is -2.32. The first kappa shape index (κ1) is 20.7. The molecule has 0 fully saturated rings. The Kier molecular flexibility index (Phi) is 7.53. The van der Waals surface area contributed by atoms with Gasteiger partial charge in [-0.05, 0) is 43.8 Å². The largest absolute Gasteiger partial charge is 0.354 e. The van der Waals surface area contributed by atoms with Gasteiger partial charge < -0.3 is 10.2 Å². The summed E-state index contributed by atoms with van der Waals surface area (Å²) in [6.07, 6.45) is 6.32. The molecule has 0 aliphatic carbocycles. The quantitative estimate of drug-likeness (QED) is 0.538. The maximum Gasteiger partial charge on any atom is 0.241 e. The van der Waals surface area contributed by atoms with E-state index < -0.39 is 0 Å². The van der Waals surface area contributed by atoms with Crippen LogP contribution < -0.4 is 5.32 Å². The number of carbonyl (C=O) groups is 1. The lowest BCUT2D eigenvalue weighted by atomic mass is 10.0. The Bertz CT molecular complexity index is 888. The Hall–Kier alpha value is -2.99. The highest BCUT2D eigenvalue weighted by Crippen LogP contribution is 2.31. The number of carbonyl (C=O) groups excluding carboxylic acids is 1. The highest BCUT2D eigenvalue weighted by atomic mass is 16.2. The molecule has 0 bridgehead atoms. The van der Waals surface area contributed by atoms with Gasteiger partial charge in [-0.2, -0.15) is 5.10 Å². The van der Waals surface area contributed by atoms with Crippen molar-refractivity contribution in [2.24, 2.45) is 0 Å². The maximum atomic E-state index is 12.5. The smallest absolute Gasteiger partial charge is 0.241 e. The van der Waals surface area contributed by atoms with E-state index in [4.69, 9.17) is 0 Å². The summed E-state index contributed by atoms with van der Waals surface area (Å²) in [6, 6.07) is 14.0. The minimum atomic E-state index is -0.0302. The van der Waals surface area contributed by atoms with Gasteiger partial charge in [-0.15, -0.1) is 0 Å². The molecular weight excluding hydrogens is 362 g/mol. The fourth-order valence-electron chi connectivity index (χ4n) is 3.40. The molecule has 0 spiro atoms. The molecule has 1 aromatic carbocycles. The van der Waals surface area contributed by atoms with E-state index in [0.29, 0.717) is 6.54 Å². The van der Waals surface area contributed by atoms with Gasteiger partial charge in [0.25, 0.3) is 0 Å². The zero-order valence-corrected chi connectivity index (χ0v) is 17.2. The summed E-state index contributed by atoms with van der Waals surface area (Å²) >= 11 is 0. The summed E-state index contributed by atoms with van der Waals surface area (Å²) in [5.41, 5.74) is 3.91. The molecule has 0 aliphatic heterocycles. The first-order chi connectivity index (χ1) is 14.2. The van der Waals surface area contributed by atoms with Crippen LogP contribution in [-0.4, -0.2) is 51.8 Å². The van der Waals surface area contributed by atoms with Crippen molar-refractivity contribution < 1.29 is 4.79 Å². The summed E-state index contributed by atoms with van der Waals surface area (Å²) < 4.78 is 1.76. The number of benzene rings is 1. The summed E-state index contributed by atoms with van der Waals surface area (Å²) in [5, 5.41) is 7.53. The number of hydrogen-bond donors (Lipinski definition) is 1. The second-order valence-corrected chi connectivity index (χ2v) is 6.90. The van der Waals surface area contributed by atoms with Crippen molar-refractivity contribution in [3.8, 4) is 22.4 Å². The van der Waals surface area contributed by atoms with E-state index in [1.54, 1.807) is 10.9 Å². The van der Waals surface area contributed by atoms with Crippen LogP contribution in [0, 0.1) is 0 Å². The number of pyridine rings is 1. The van der Waals surface area contributed by atoms with Crippen molar-refractivity contribution in [1.29, 1.82) is 0 Å². The highest BCUT2D eigenvalue weighted by Gasteiger charge is 2.16. The van der Waals surface area contributed by atoms with Crippen molar-refractivity contribution >= 4 is 5.91 Å². The van der Waals surface area contributed by atoms with Crippen LogP contribution in [0.2, 0.25) is 0 Å². The van der Waals surface area contributed by atoms with E-state index in [1.165, 1.54) is 0 Å². The molecule has 0 unspecified atom stereocenters. The fraction of sp³-hybridized carbons (Fsp3) is 0.348. The molecule has 0 saturated heterocycles. The third kappa shape index (κ3) is 5.51. The van der Waals surface area contributed by atoms with Crippen molar-refractivity contribution in [2.45, 2.75) is 26.8 Å². The van der Waals surface area contributed by atoms with Crippen molar-refractivity contribution in [3.05, 3.63) is 61.1 Å². The van der Waals surface area contributed by atoms with Crippen LogP contribution in [0.4, 0.5) is 0 Å². The minimum Gasteiger partial charge on any atom is -0.354 e. The standard InChI is InChI=1S/C23H29N5O/c1-3-27(4-2)15-9-14-25-22(29)18-28-23(20-12-8-13-24-16-20)21(17-26-28)19-10-6-5-7-11-19/h5-8,10-13,16-17H,3-4,9,14-15,18H2,1-2H3,(H,25,29). The van der Waals surface area contributed by atoms with Crippen LogP contribution in [0.1, 0.15) is 20.3 Å². The molecule has 1 amide bonds. The Balaban J connectivity index is 1.72. The maximum absolute atomic E-state index is 12.5. The zero-order valence-electron chi connectivity index (χ0n) is 17.2. The predicted octanol–water partition coefficient (Wildman–Crippen LogP) is 3.46. The Labute approximate surface area is 172 Å². The van der Waals surface area contributed by atoms with Crippen LogP contribution in [0.3, 0.4) is 0 Å². The number of hydrogen-bond acceptors (Lipinski definition) is 4. The Morgan fingerprint density at radius 2 is 1.79 bits per heavy atom. The topological polar surface area (TPSA) is 63.1 Å². The molecule has 6 heteroatoms. The number of nitrogens with one attached hydrogen (secondary N) is 1. The van der Waals surface area contributed by atoms with E-state index in [1.807, 2.05) is 42.7 Å². The molecule has 29 heavy (non-hydrogen) atoms. The molecular formula is C23H29N5O. The molecule has 1 N–H and O–H groups in total. The summed E-state index contributed by atoms with van der Waals surface area (Å²) in [6.45, 7) is 8.23. The van der Waals surface area contributed by atoms with Gasteiger partial charge in [0.1, 0.15) is 6.54 Å². The molecule has 0 saturated carbocycles. The lowest BCUT2D eigenvalue weighted by Gasteiger charge is -2.17. The first-order valence-corrected chi connectivity index (χ1v) is 10.2. The van der Waals surface area contributed by atoms with Crippen LogP contribution in [0.5, 0.6) is 0 Å². The average Bonchev–Trinajstić information content (AvgIpc) is 3.18. The van der Waals surface area contributed by atoms with E-state index in [-0.39, 0.29) is 12.5 Å². The highest BCUT2D eigenvalue weighted by molar-refractivity contribution is 5.82. The molecule has 2 aromatic heterocycles. The van der Waals surface area contributed by atoms with E-state index in [2.05, 4.69) is 46.3 Å². The normalized spacial score (nSPS) is 11.0. The zero-order chi connectivity index (χ0) is 20.5. The van der Waals surface area contributed by atoms with E-state index in [0.717, 1.165) is 48.4 Å². The molecule has 3 aromatic rings. The van der Waals surface area contributed by atoms with Crippen LogP contribution in [-0.2, 0) is 11.3 Å². The van der Waals surface area contributed by atoms with Crippen LogP contribution in [0.15, 0.2) is 61.1 Å². The lowest BCUT2D eigenvalue weighted by molar-refractivity contribution is -0.121. The molecule has 3 rings (SSSR count). The van der Waals surface area contributed by atoms with Gasteiger partial charge in [-0.1, -0.05) is 44.2 Å². The van der Waals surface area contributed by atoms with Gasteiger partial charge in [0.05, 0.1) is 11.9 Å². The molecule has 0 radical (unpaired) electrons. The van der Waals surface area contributed by atoms with Crippen molar-refractivity contribution in [2.75, 3.05) is 26.2 Å². The Morgan fingerprint density at radius 3 is 2.48 bits per heavy atom. The van der Waals surface area contributed by atoms with Gasteiger partial charge in [0.2, 0.25) is 5.91 Å². The number of amides is 1. The average molecular weight is 392 g/mol. The van der Waals surface area contributed by atoms with Gasteiger partial charge in [-0.25, -0.2) is 0 Å². The molecule has 2 heterocycles. The number of nitrogens with zero attached hydrogens (tertiary/aromatic N) is 4. The van der Waals surface area contributed by atoms with Crippen molar-refractivity contribution in [3.63, 3.8) is 0 Å². The van der Waals surface area contributed by atoms with Gasteiger partial charge >= 0.3 is 0 Å². The summed E-state index contributed by atoms with van der Waals surface area (Å²) in [5.74, 6) is -0.0302. The molecule has 0 aliphatic rings. The van der Waals surface area contributed by atoms with Crippen molar-refractivity contribution in [1.82, 2.24) is 25.0 Å². The number of aromatic nitrogens is 3. The minimum absolute atomic E-state index is 0.0302. The summed E-state index contributed by atoms with van der Waals surface area (Å²) in [7, 11) is 0. The van der Waals surface area contributed by atoms with Gasteiger partial charge in [0.15, 0.2) is 0 Å². The second-order valence-electron chi connectivity index (χ2n) is 6.90. The first-order valence-electron chi connectivity index (χ1n) is 10.2. The Morgan fingerprint density at radius 1 is 1.03 bits per heavy atom. The number of rotatable bonds is 10. The molecule has 6 nitrogen and oxygen atoms in total. The second kappa shape index (κ2) is 10.5. The molecule has 0 atom stereocenters. The van der Waals surface area contributed by atoms with E-state index >= 15 is 0 Å². The summed E-state index contributed by atoms with van der Waals surface area (Å²) in [4.78, 5) is 19.1. The molecule has 152 valence electrons.